The van der Waals surface area contributed by atoms with E-state index in [4.69, 9.17) is 14.5 Å². The van der Waals surface area contributed by atoms with E-state index in [1.54, 1.807) is 25.7 Å². The van der Waals surface area contributed by atoms with Gasteiger partial charge in [0, 0.05) is 24.5 Å². The molecular weight excluding hydrogens is 308 g/mol. The summed E-state index contributed by atoms with van der Waals surface area (Å²) < 4.78 is 14.9. The van der Waals surface area contributed by atoms with E-state index >= 15 is 0 Å². The molecule has 3 aromatic heterocycles. The van der Waals surface area contributed by atoms with Crippen molar-refractivity contribution in [3.05, 3.63) is 24.8 Å². The molecule has 0 saturated heterocycles. The molecule has 0 saturated carbocycles. The smallest absolute Gasteiger partial charge is 0.216 e. The second kappa shape index (κ2) is 5.63. The topological polar surface area (TPSA) is 79.9 Å². The summed E-state index contributed by atoms with van der Waals surface area (Å²) in [6.45, 7) is 5.39. The summed E-state index contributed by atoms with van der Waals surface area (Å²) in [6, 6.07) is 2.00. The lowest BCUT2D eigenvalue weighted by atomic mass is 10.2. The second-order valence-corrected chi connectivity index (χ2v) is 5.84. The van der Waals surface area contributed by atoms with E-state index in [1.165, 1.54) is 0 Å². The molecular formula is C16H18N6O2. The maximum Gasteiger partial charge on any atom is 0.216 e. The maximum atomic E-state index is 5.81. The van der Waals surface area contributed by atoms with Crippen LogP contribution in [0.2, 0.25) is 0 Å². The van der Waals surface area contributed by atoms with Gasteiger partial charge in [-0.05, 0) is 13.8 Å². The van der Waals surface area contributed by atoms with Crippen LogP contribution in [0.4, 0.5) is 0 Å². The Morgan fingerprint density at radius 2 is 2.12 bits per heavy atom. The molecule has 0 radical (unpaired) electrons. The fourth-order valence-corrected chi connectivity index (χ4v) is 2.79. The molecule has 0 atom stereocenters. The van der Waals surface area contributed by atoms with Crippen molar-refractivity contribution >= 4 is 0 Å². The number of ether oxygens (including phenoxy) is 2. The summed E-state index contributed by atoms with van der Waals surface area (Å²) in [5.41, 5.74) is 1.63. The predicted octanol–water partition coefficient (Wildman–Crippen LogP) is 2.19. The van der Waals surface area contributed by atoms with Crippen LogP contribution >= 0.6 is 0 Å². The third-order valence-corrected chi connectivity index (χ3v) is 3.95. The molecule has 0 N–H and O–H groups in total. The first-order chi connectivity index (χ1) is 11.7. The van der Waals surface area contributed by atoms with Crippen LogP contribution in [0.5, 0.6) is 11.6 Å². The molecule has 4 rings (SSSR count). The predicted molar refractivity (Wildman–Crippen MR) is 86.9 cm³/mol. The van der Waals surface area contributed by atoms with Gasteiger partial charge in [0.25, 0.3) is 0 Å². The van der Waals surface area contributed by atoms with Gasteiger partial charge < -0.3 is 14.0 Å². The molecule has 8 heteroatoms. The van der Waals surface area contributed by atoms with Crippen LogP contribution in [0.1, 0.15) is 19.9 Å². The normalized spacial score (nSPS) is 13.2. The summed E-state index contributed by atoms with van der Waals surface area (Å²) in [6.07, 6.45) is 5.28. The minimum atomic E-state index is 0.213. The fourth-order valence-electron chi connectivity index (χ4n) is 2.79. The molecule has 24 heavy (non-hydrogen) atoms. The molecule has 0 aromatic carbocycles. The number of hydrogen-bond donors (Lipinski definition) is 0. The van der Waals surface area contributed by atoms with E-state index in [-0.39, 0.29) is 6.04 Å². The van der Waals surface area contributed by atoms with Crippen LogP contribution in [0, 0.1) is 0 Å². The zero-order valence-electron chi connectivity index (χ0n) is 13.8. The Balaban J connectivity index is 1.83. The number of hydrogen-bond acceptors (Lipinski definition) is 6. The first-order valence-electron chi connectivity index (χ1n) is 7.81. The molecule has 1 aliphatic heterocycles. The van der Waals surface area contributed by atoms with Crippen molar-refractivity contribution in [2.24, 2.45) is 0 Å². The Hall–Kier alpha value is -2.90. The van der Waals surface area contributed by atoms with Gasteiger partial charge in [-0.15, -0.1) is 0 Å². The van der Waals surface area contributed by atoms with Gasteiger partial charge in [0.15, 0.2) is 5.82 Å². The highest BCUT2D eigenvalue weighted by Crippen LogP contribution is 2.34. The Morgan fingerprint density at radius 1 is 1.25 bits per heavy atom. The van der Waals surface area contributed by atoms with Gasteiger partial charge in [-0.2, -0.15) is 5.10 Å². The molecule has 0 amide bonds. The van der Waals surface area contributed by atoms with Gasteiger partial charge in [0.2, 0.25) is 5.88 Å². The average Bonchev–Trinajstić information content (AvgIpc) is 3.18. The van der Waals surface area contributed by atoms with E-state index in [9.17, 15) is 0 Å². The Kier molecular flexibility index (Phi) is 3.44. The number of fused-ring (bicyclic) bond motifs is 3. The molecule has 3 aromatic rings. The number of rotatable bonds is 3. The molecule has 1 aliphatic rings. The lowest BCUT2D eigenvalue weighted by Crippen LogP contribution is -2.06. The van der Waals surface area contributed by atoms with Gasteiger partial charge >= 0.3 is 0 Å². The zero-order valence-corrected chi connectivity index (χ0v) is 13.8. The lowest BCUT2D eigenvalue weighted by Gasteiger charge is -2.08. The van der Waals surface area contributed by atoms with Gasteiger partial charge in [-0.1, -0.05) is 0 Å². The van der Waals surface area contributed by atoms with Crippen LogP contribution in [0.25, 0.3) is 22.9 Å². The first kappa shape index (κ1) is 14.7. The molecule has 8 nitrogen and oxygen atoms in total. The molecule has 0 unspecified atom stereocenters. The number of imidazole rings is 1. The van der Waals surface area contributed by atoms with Crippen LogP contribution in [-0.2, 0) is 6.54 Å². The first-order valence-corrected chi connectivity index (χ1v) is 7.81. The van der Waals surface area contributed by atoms with Crippen LogP contribution in [-0.4, -0.2) is 43.0 Å². The van der Waals surface area contributed by atoms with Crippen molar-refractivity contribution in [1.82, 2.24) is 29.3 Å². The number of nitrogens with zero attached hydrogens (tertiary/aromatic N) is 6. The van der Waals surface area contributed by atoms with Crippen molar-refractivity contribution in [3.8, 4) is 34.5 Å². The number of pyridine rings is 1. The fraction of sp³-hybridized carbons (Fsp3) is 0.375. The van der Waals surface area contributed by atoms with E-state index in [2.05, 4.69) is 33.5 Å². The Labute approximate surface area is 139 Å². The Bertz CT molecular complexity index is 883. The highest BCUT2D eigenvalue weighted by molar-refractivity contribution is 5.68. The standard InChI is InChI=1S/C16H18N6O2/c1-10(2)22-16(18-9-19-22)12-8-21-4-5-24-13-6-14(23-3)17-7-11(13)15(21)20-12/h6-10H,4-5H2,1-3H3. The summed E-state index contributed by atoms with van der Waals surface area (Å²) in [7, 11) is 1.59. The maximum absolute atomic E-state index is 5.81. The molecule has 0 fully saturated rings. The highest BCUT2D eigenvalue weighted by atomic mass is 16.5. The molecule has 0 aliphatic carbocycles. The van der Waals surface area contributed by atoms with E-state index < -0.39 is 0 Å². The number of aromatic nitrogens is 6. The van der Waals surface area contributed by atoms with E-state index in [0.717, 1.165) is 28.7 Å². The highest BCUT2D eigenvalue weighted by Gasteiger charge is 2.22. The quantitative estimate of drug-likeness (QED) is 0.734. The summed E-state index contributed by atoms with van der Waals surface area (Å²) >= 11 is 0. The second-order valence-electron chi connectivity index (χ2n) is 5.84. The van der Waals surface area contributed by atoms with E-state index in [0.29, 0.717) is 19.0 Å². The largest absolute Gasteiger partial charge is 0.491 e. The van der Waals surface area contributed by atoms with Crippen molar-refractivity contribution in [1.29, 1.82) is 0 Å². The summed E-state index contributed by atoms with van der Waals surface area (Å²) in [5.74, 6) is 2.82. The lowest BCUT2D eigenvalue weighted by molar-refractivity contribution is 0.303. The molecule has 4 heterocycles. The van der Waals surface area contributed by atoms with E-state index in [1.807, 2.05) is 10.9 Å². The van der Waals surface area contributed by atoms with Crippen LogP contribution in [0.15, 0.2) is 24.8 Å². The Morgan fingerprint density at radius 3 is 2.92 bits per heavy atom. The van der Waals surface area contributed by atoms with Crippen molar-refractivity contribution in [2.75, 3.05) is 13.7 Å². The zero-order chi connectivity index (χ0) is 16.7. The summed E-state index contributed by atoms with van der Waals surface area (Å²) in [4.78, 5) is 13.4. The van der Waals surface area contributed by atoms with Crippen molar-refractivity contribution in [3.63, 3.8) is 0 Å². The van der Waals surface area contributed by atoms with Gasteiger partial charge in [0.05, 0.1) is 19.2 Å². The van der Waals surface area contributed by atoms with Crippen molar-refractivity contribution < 1.29 is 9.47 Å². The third kappa shape index (κ3) is 2.31. The van der Waals surface area contributed by atoms with Crippen molar-refractivity contribution in [2.45, 2.75) is 26.4 Å². The summed E-state index contributed by atoms with van der Waals surface area (Å²) in [5, 5.41) is 4.29. The van der Waals surface area contributed by atoms with Gasteiger partial charge in [-0.3, -0.25) is 0 Å². The van der Waals surface area contributed by atoms with Crippen LogP contribution in [0.3, 0.4) is 0 Å². The molecule has 0 bridgehead atoms. The average molecular weight is 326 g/mol. The van der Waals surface area contributed by atoms with Crippen LogP contribution < -0.4 is 9.47 Å². The molecule has 0 spiro atoms. The monoisotopic (exact) mass is 326 g/mol. The van der Waals surface area contributed by atoms with Gasteiger partial charge in [0.1, 0.15) is 30.2 Å². The minimum Gasteiger partial charge on any atom is -0.491 e. The minimum absolute atomic E-state index is 0.213. The third-order valence-electron chi connectivity index (χ3n) is 3.95. The molecule has 124 valence electrons. The number of methoxy groups -OCH3 is 1. The van der Waals surface area contributed by atoms with Gasteiger partial charge in [-0.25, -0.2) is 19.6 Å². The SMILES string of the molecule is COc1cc2c(cn1)-c1nc(-c3ncnn3C(C)C)cn1CCO2.